The van der Waals surface area contributed by atoms with Crippen LogP contribution >= 0.6 is 0 Å². The summed E-state index contributed by atoms with van der Waals surface area (Å²) < 4.78 is 13.0. The van der Waals surface area contributed by atoms with Crippen molar-refractivity contribution in [1.29, 1.82) is 0 Å². The van der Waals surface area contributed by atoms with Gasteiger partial charge in [-0.2, -0.15) is 5.10 Å². The highest BCUT2D eigenvalue weighted by Gasteiger charge is 2.22. The van der Waals surface area contributed by atoms with Gasteiger partial charge in [0.2, 0.25) is 0 Å². The molecular formula is C16H28N4O3. The maximum Gasteiger partial charge on any atom is 0.150 e. The van der Waals surface area contributed by atoms with Crippen molar-refractivity contribution in [3.63, 3.8) is 0 Å². The topological polar surface area (TPSA) is 81.4 Å². The van der Waals surface area contributed by atoms with E-state index in [2.05, 4.69) is 22.3 Å². The Morgan fingerprint density at radius 2 is 2.39 bits per heavy atom. The van der Waals surface area contributed by atoms with Gasteiger partial charge in [-0.15, -0.1) is 0 Å². The molecule has 7 nitrogen and oxygen atoms in total. The Morgan fingerprint density at radius 3 is 3.17 bits per heavy atom. The van der Waals surface area contributed by atoms with Gasteiger partial charge in [0.1, 0.15) is 5.82 Å². The van der Waals surface area contributed by atoms with Crippen LogP contribution in [0.3, 0.4) is 0 Å². The molecule has 0 amide bonds. The van der Waals surface area contributed by atoms with Crippen molar-refractivity contribution in [1.82, 2.24) is 20.1 Å². The third-order valence-corrected chi connectivity index (χ3v) is 4.50. The van der Waals surface area contributed by atoms with Gasteiger partial charge in [0, 0.05) is 32.0 Å². The molecule has 1 aromatic rings. The van der Waals surface area contributed by atoms with Gasteiger partial charge in [0.15, 0.2) is 5.82 Å². The zero-order valence-corrected chi connectivity index (χ0v) is 13.9. The summed E-state index contributed by atoms with van der Waals surface area (Å²) in [7, 11) is 0. The van der Waals surface area contributed by atoms with Crippen LogP contribution in [0.1, 0.15) is 37.8 Å². The van der Waals surface area contributed by atoms with Crippen molar-refractivity contribution < 1.29 is 14.6 Å². The molecule has 3 rings (SSSR count). The predicted molar refractivity (Wildman–Crippen MR) is 85.3 cm³/mol. The third kappa shape index (κ3) is 4.73. The van der Waals surface area contributed by atoms with E-state index in [-0.39, 0.29) is 6.10 Å². The molecule has 0 radical (unpaired) electrons. The van der Waals surface area contributed by atoms with E-state index in [0.717, 1.165) is 56.9 Å². The molecule has 1 fully saturated rings. The Balaban J connectivity index is 1.33. The van der Waals surface area contributed by atoms with Crippen molar-refractivity contribution in [3.8, 4) is 0 Å². The average molecular weight is 324 g/mol. The highest BCUT2D eigenvalue weighted by Crippen LogP contribution is 2.14. The van der Waals surface area contributed by atoms with Gasteiger partial charge in [-0.25, -0.2) is 9.67 Å². The summed E-state index contributed by atoms with van der Waals surface area (Å²) in [5.41, 5.74) is 0. The SMILES string of the molecule is CCc1nc2n(n1)C[C@H](NC[C@@H](O)COC[C@@H]1CCCO1)CC2. The van der Waals surface area contributed by atoms with Crippen LogP contribution in [0.4, 0.5) is 0 Å². The fraction of sp³-hybridized carbons (Fsp3) is 0.875. The molecule has 2 aliphatic heterocycles. The standard InChI is InChI=1S/C16H28N4O3/c1-2-15-18-16-6-5-12(9-20(16)19-15)17-8-13(21)10-22-11-14-4-3-7-23-14/h12-14,17,21H,2-11H2,1H3/t12-,13-,14+/m1/s1. The van der Waals surface area contributed by atoms with Crippen molar-refractivity contribution in [2.45, 2.75) is 63.8 Å². The minimum atomic E-state index is -0.486. The summed E-state index contributed by atoms with van der Waals surface area (Å²) in [4.78, 5) is 4.52. The van der Waals surface area contributed by atoms with Gasteiger partial charge in [-0.3, -0.25) is 0 Å². The van der Waals surface area contributed by atoms with Gasteiger partial charge >= 0.3 is 0 Å². The summed E-state index contributed by atoms with van der Waals surface area (Å²) in [5, 5.41) is 18.0. The van der Waals surface area contributed by atoms with E-state index in [9.17, 15) is 5.11 Å². The second kappa shape index (κ2) is 8.19. The van der Waals surface area contributed by atoms with E-state index >= 15 is 0 Å². The monoisotopic (exact) mass is 324 g/mol. The van der Waals surface area contributed by atoms with Crippen LogP contribution in [-0.4, -0.2) is 64.5 Å². The van der Waals surface area contributed by atoms with E-state index in [4.69, 9.17) is 9.47 Å². The number of rotatable bonds is 8. The first kappa shape index (κ1) is 16.8. The first-order chi connectivity index (χ1) is 11.2. The van der Waals surface area contributed by atoms with E-state index in [1.54, 1.807) is 0 Å². The fourth-order valence-electron chi connectivity index (χ4n) is 3.15. The molecular weight excluding hydrogens is 296 g/mol. The molecule has 0 spiro atoms. The zero-order valence-electron chi connectivity index (χ0n) is 13.9. The van der Waals surface area contributed by atoms with Crippen LogP contribution in [0.5, 0.6) is 0 Å². The number of hydrogen-bond donors (Lipinski definition) is 2. The summed E-state index contributed by atoms with van der Waals surface area (Å²) >= 11 is 0. The highest BCUT2D eigenvalue weighted by molar-refractivity contribution is 4.98. The maximum atomic E-state index is 10.0. The van der Waals surface area contributed by atoms with Gasteiger partial charge in [-0.1, -0.05) is 6.92 Å². The average Bonchev–Trinajstić information content (AvgIpc) is 3.21. The van der Waals surface area contributed by atoms with Gasteiger partial charge < -0.3 is 19.9 Å². The lowest BCUT2D eigenvalue weighted by molar-refractivity contribution is -0.0171. The van der Waals surface area contributed by atoms with E-state index in [0.29, 0.717) is 25.8 Å². The Morgan fingerprint density at radius 1 is 1.48 bits per heavy atom. The lowest BCUT2D eigenvalue weighted by Crippen LogP contribution is -2.42. The molecule has 0 saturated carbocycles. The maximum absolute atomic E-state index is 10.0. The Hall–Kier alpha value is -1.02. The summed E-state index contributed by atoms with van der Waals surface area (Å²) in [6.45, 7) is 5.22. The van der Waals surface area contributed by atoms with Gasteiger partial charge in [-0.05, 0) is 19.3 Å². The molecule has 23 heavy (non-hydrogen) atoms. The Kier molecular flexibility index (Phi) is 5.99. The Labute approximate surface area is 137 Å². The number of aliphatic hydroxyl groups is 1. The molecule has 130 valence electrons. The second-order valence-electron chi connectivity index (χ2n) is 6.45. The minimum absolute atomic E-state index is 0.215. The minimum Gasteiger partial charge on any atom is -0.389 e. The normalized spacial score (nSPS) is 25.5. The van der Waals surface area contributed by atoms with Crippen molar-refractivity contribution >= 4 is 0 Å². The van der Waals surface area contributed by atoms with E-state index in [1.165, 1.54) is 0 Å². The second-order valence-corrected chi connectivity index (χ2v) is 6.45. The van der Waals surface area contributed by atoms with Gasteiger partial charge in [0.05, 0.1) is 32.0 Å². The molecule has 2 aliphatic rings. The number of aryl methyl sites for hydroxylation is 2. The van der Waals surface area contributed by atoms with Gasteiger partial charge in [0.25, 0.3) is 0 Å². The van der Waals surface area contributed by atoms with Crippen LogP contribution in [0.25, 0.3) is 0 Å². The fourth-order valence-corrected chi connectivity index (χ4v) is 3.15. The number of aromatic nitrogens is 3. The summed E-state index contributed by atoms with van der Waals surface area (Å²) in [6, 6.07) is 0.335. The van der Waals surface area contributed by atoms with Crippen molar-refractivity contribution in [2.24, 2.45) is 0 Å². The summed E-state index contributed by atoms with van der Waals surface area (Å²) in [6.07, 6.45) is 4.76. The third-order valence-electron chi connectivity index (χ3n) is 4.50. The lowest BCUT2D eigenvalue weighted by atomic mass is 10.1. The summed E-state index contributed by atoms with van der Waals surface area (Å²) in [5.74, 6) is 2.00. The van der Waals surface area contributed by atoms with E-state index in [1.807, 2.05) is 4.68 Å². The van der Waals surface area contributed by atoms with Crippen LogP contribution < -0.4 is 5.32 Å². The van der Waals surface area contributed by atoms with Crippen LogP contribution in [-0.2, 0) is 28.9 Å². The molecule has 0 aliphatic carbocycles. The first-order valence-electron chi connectivity index (χ1n) is 8.78. The zero-order chi connectivity index (χ0) is 16.1. The predicted octanol–water partition coefficient (Wildman–Crippen LogP) is 0.301. The quantitative estimate of drug-likeness (QED) is 0.716. The molecule has 0 unspecified atom stereocenters. The molecule has 3 heterocycles. The molecule has 1 saturated heterocycles. The Bertz CT molecular complexity index is 488. The van der Waals surface area contributed by atoms with Crippen molar-refractivity contribution in [2.75, 3.05) is 26.4 Å². The molecule has 1 aromatic heterocycles. The smallest absolute Gasteiger partial charge is 0.150 e. The number of nitrogens with zero attached hydrogens (tertiary/aromatic N) is 3. The van der Waals surface area contributed by atoms with Crippen LogP contribution in [0, 0.1) is 0 Å². The van der Waals surface area contributed by atoms with Crippen molar-refractivity contribution in [3.05, 3.63) is 11.6 Å². The van der Waals surface area contributed by atoms with Crippen LogP contribution in [0.2, 0.25) is 0 Å². The molecule has 7 heteroatoms. The highest BCUT2D eigenvalue weighted by atomic mass is 16.5. The van der Waals surface area contributed by atoms with E-state index < -0.39 is 6.10 Å². The number of ether oxygens (including phenoxy) is 2. The first-order valence-corrected chi connectivity index (χ1v) is 8.78. The lowest BCUT2D eigenvalue weighted by Gasteiger charge is -2.25. The molecule has 3 atom stereocenters. The number of aliphatic hydroxyl groups excluding tert-OH is 1. The largest absolute Gasteiger partial charge is 0.389 e. The molecule has 0 bridgehead atoms. The number of hydrogen-bond acceptors (Lipinski definition) is 6. The molecule has 2 N–H and O–H groups in total. The number of fused-ring (bicyclic) bond motifs is 1. The van der Waals surface area contributed by atoms with Crippen LogP contribution in [0.15, 0.2) is 0 Å². The number of nitrogens with one attached hydrogen (secondary N) is 1. The molecule has 0 aromatic carbocycles.